The summed E-state index contributed by atoms with van der Waals surface area (Å²) in [7, 11) is -3.55. The van der Waals surface area contributed by atoms with Crippen LogP contribution in [0.2, 0.25) is 10.0 Å². The molecule has 1 aromatic rings. The molecule has 1 amide bonds. The number of carbonyl (C=O) groups excluding carboxylic acids is 1. The van der Waals surface area contributed by atoms with Crippen LogP contribution in [0.5, 0.6) is 0 Å². The number of carbonyl (C=O) groups is 1. The van der Waals surface area contributed by atoms with Gasteiger partial charge >= 0.3 is 0 Å². The number of benzene rings is 1. The Morgan fingerprint density at radius 1 is 1.29 bits per heavy atom. The van der Waals surface area contributed by atoms with Gasteiger partial charge in [-0.15, -0.1) is 0 Å². The van der Waals surface area contributed by atoms with Gasteiger partial charge in [0.15, 0.2) is 0 Å². The van der Waals surface area contributed by atoms with Crippen molar-refractivity contribution < 1.29 is 13.2 Å². The van der Waals surface area contributed by atoms with Crippen LogP contribution in [0.1, 0.15) is 26.2 Å². The lowest BCUT2D eigenvalue weighted by Crippen LogP contribution is -2.40. The van der Waals surface area contributed by atoms with Crippen LogP contribution in [-0.4, -0.2) is 45.1 Å². The summed E-state index contributed by atoms with van der Waals surface area (Å²) in [6.07, 6.45) is 3.21. The van der Waals surface area contributed by atoms with Gasteiger partial charge in [0.2, 0.25) is 15.9 Å². The Morgan fingerprint density at radius 3 is 2.46 bits per heavy atom. The fraction of sp³-hybridized carbons (Fsp3) is 0.562. The molecule has 2 rings (SSSR count). The van der Waals surface area contributed by atoms with Gasteiger partial charge in [0.25, 0.3) is 0 Å². The van der Waals surface area contributed by atoms with E-state index in [2.05, 4.69) is 6.92 Å². The molecule has 0 spiro atoms. The smallest absolute Gasteiger partial charge is 0.232 e. The molecule has 1 heterocycles. The highest BCUT2D eigenvalue weighted by Crippen LogP contribution is 2.30. The third-order valence-electron chi connectivity index (χ3n) is 4.24. The molecule has 0 bridgehead atoms. The summed E-state index contributed by atoms with van der Waals surface area (Å²) in [5, 5.41) is 0.669. The van der Waals surface area contributed by atoms with E-state index in [1.165, 1.54) is 6.07 Å². The average Bonchev–Trinajstić information content (AvgIpc) is 2.48. The molecule has 8 heteroatoms. The zero-order chi connectivity index (χ0) is 17.9. The van der Waals surface area contributed by atoms with Gasteiger partial charge in [-0.25, -0.2) is 8.42 Å². The molecule has 5 nitrogen and oxygen atoms in total. The fourth-order valence-electron chi connectivity index (χ4n) is 2.76. The number of hydrogen-bond donors (Lipinski definition) is 0. The molecular formula is C16H22Cl2N2O3S. The van der Waals surface area contributed by atoms with Gasteiger partial charge in [-0.3, -0.25) is 9.10 Å². The summed E-state index contributed by atoms with van der Waals surface area (Å²) in [6.45, 7) is 3.71. The Kier molecular flexibility index (Phi) is 6.39. The summed E-state index contributed by atoms with van der Waals surface area (Å²) in [6, 6.07) is 4.62. The number of halogens is 2. The van der Waals surface area contributed by atoms with Gasteiger partial charge in [-0.05, 0) is 37.0 Å². The molecule has 134 valence electrons. The number of rotatable bonds is 5. The highest BCUT2D eigenvalue weighted by molar-refractivity contribution is 7.92. The zero-order valence-electron chi connectivity index (χ0n) is 13.8. The predicted octanol–water partition coefficient (Wildman–Crippen LogP) is 3.41. The lowest BCUT2D eigenvalue weighted by atomic mass is 9.99. The van der Waals surface area contributed by atoms with Gasteiger partial charge in [-0.1, -0.05) is 30.1 Å². The lowest BCUT2D eigenvalue weighted by molar-refractivity contribution is -0.132. The molecule has 0 saturated carbocycles. The van der Waals surface area contributed by atoms with Crippen LogP contribution in [-0.2, 0) is 14.8 Å². The first-order valence-electron chi connectivity index (χ1n) is 7.89. The van der Waals surface area contributed by atoms with Gasteiger partial charge in [-0.2, -0.15) is 0 Å². The molecular weight excluding hydrogens is 371 g/mol. The van der Waals surface area contributed by atoms with Crippen molar-refractivity contribution in [2.45, 2.75) is 26.2 Å². The molecule has 0 radical (unpaired) electrons. The van der Waals surface area contributed by atoms with E-state index in [1.807, 2.05) is 4.90 Å². The molecule has 0 N–H and O–H groups in total. The van der Waals surface area contributed by atoms with Crippen molar-refractivity contribution in [2.24, 2.45) is 5.92 Å². The van der Waals surface area contributed by atoms with E-state index in [0.717, 1.165) is 36.5 Å². The molecule has 0 aliphatic carbocycles. The van der Waals surface area contributed by atoms with E-state index >= 15 is 0 Å². The largest absolute Gasteiger partial charge is 0.343 e. The Labute approximate surface area is 153 Å². The van der Waals surface area contributed by atoms with Crippen LogP contribution in [0.25, 0.3) is 0 Å². The summed E-state index contributed by atoms with van der Waals surface area (Å²) >= 11 is 12.0. The molecule has 1 aliphatic rings. The number of amides is 1. The van der Waals surface area contributed by atoms with Crippen molar-refractivity contribution in [3.05, 3.63) is 28.2 Å². The zero-order valence-corrected chi connectivity index (χ0v) is 16.2. The third-order valence-corrected chi connectivity index (χ3v) is 5.96. The predicted molar refractivity (Wildman–Crippen MR) is 98.2 cm³/mol. The average molecular weight is 393 g/mol. The Balaban J connectivity index is 2.09. The van der Waals surface area contributed by atoms with E-state index in [9.17, 15) is 13.2 Å². The van der Waals surface area contributed by atoms with Crippen molar-refractivity contribution in [1.29, 1.82) is 0 Å². The fourth-order valence-corrected chi connectivity index (χ4v) is 4.26. The number of piperidine rings is 1. The Morgan fingerprint density at radius 2 is 1.92 bits per heavy atom. The van der Waals surface area contributed by atoms with Crippen LogP contribution in [0.3, 0.4) is 0 Å². The summed E-state index contributed by atoms with van der Waals surface area (Å²) < 4.78 is 25.4. The molecule has 1 saturated heterocycles. The van der Waals surface area contributed by atoms with E-state index in [4.69, 9.17) is 23.2 Å². The van der Waals surface area contributed by atoms with Crippen molar-refractivity contribution in [2.75, 3.05) is 30.2 Å². The maximum Gasteiger partial charge on any atom is 0.232 e. The molecule has 1 aliphatic heterocycles. The highest BCUT2D eigenvalue weighted by atomic mass is 35.5. The number of likely N-dealkylation sites (tertiary alicyclic amines) is 1. The second-order valence-electron chi connectivity index (χ2n) is 6.24. The number of anilines is 1. The van der Waals surface area contributed by atoms with E-state index < -0.39 is 10.0 Å². The van der Waals surface area contributed by atoms with Crippen LogP contribution in [0.4, 0.5) is 5.69 Å². The van der Waals surface area contributed by atoms with Crippen molar-refractivity contribution >= 4 is 44.8 Å². The second kappa shape index (κ2) is 7.93. The van der Waals surface area contributed by atoms with Gasteiger partial charge in [0.1, 0.15) is 0 Å². The second-order valence-corrected chi connectivity index (χ2v) is 8.99. The summed E-state index contributed by atoms with van der Waals surface area (Å²) in [5.74, 6) is 0.607. The van der Waals surface area contributed by atoms with Crippen molar-refractivity contribution in [3.8, 4) is 0 Å². The molecule has 0 unspecified atom stereocenters. The normalized spacial score (nSPS) is 16.2. The maximum absolute atomic E-state index is 12.4. The van der Waals surface area contributed by atoms with Crippen LogP contribution < -0.4 is 4.31 Å². The SMILES string of the molecule is CC1CCN(C(=O)CCN(c2ccc(Cl)cc2Cl)S(C)(=O)=O)CC1. The first-order valence-corrected chi connectivity index (χ1v) is 10.5. The first kappa shape index (κ1) is 19.3. The number of nitrogens with zero attached hydrogens (tertiary/aromatic N) is 2. The van der Waals surface area contributed by atoms with Crippen molar-refractivity contribution in [1.82, 2.24) is 4.90 Å². The number of hydrogen-bond acceptors (Lipinski definition) is 3. The number of sulfonamides is 1. The van der Waals surface area contributed by atoms with Crippen molar-refractivity contribution in [3.63, 3.8) is 0 Å². The Bertz CT molecular complexity index is 701. The van der Waals surface area contributed by atoms with E-state index in [0.29, 0.717) is 16.6 Å². The minimum Gasteiger partial charge on any atom is -0.343 e. The lowest BCUT2D eigenvalue weighted by Gasteiger charge is -2.31. The minimum absolute atomic E-state index is 0.0272. The Hall–Kier alpha value is -0.980. The van der Waals surface area contributed by atoms with Gasteiger partial charge in [0, 0.05) is 31.1 Å². The summed E-state index contributed by atoms with van der Waals surface area (Å²) in [4.78, 5) is 14.2. The van der Waals surface area contributed by atoms with Crippen LogP contribution in [0.15, 0.2) is 18.2 Å². The topological polar surface area (TPSA) is 57.7 Å². The highest BCUT2D eigenvalue weighted by Gasteiger charge is 2.24. The van der Waals surface area contributed by atoms with E-state index in [1.54, 1.807) is 12.1 Å². The molecule has 1 aromatic carbocycles. The molecule has 24 heavy (non-hydrogen) atoms. The van der Waals surface area contributed by atoms with Gasteiger partial charge < -0.3 is 4.90 Å². The molecule has 1 fully saturated rings. The third kappa shape index (κ3) is 5.01. The standard InChI is InChI=1S/C16H22Cl2N2O3S/c1-12-5-8-19(9-6-12)16(21)7-10-20(24(2,22)23)15-4-3-13(17)11-14(15)18/h3-4,11-12H,5-10H2,1-2H3. The minimum atomic E-state index is -3.55. The van der Waals surface area contributed by atoms with Crippen LogP contribution >= 0.6 is 23.2 Å². The monoisotopic (exact) mass is 392 g/mol. The molecule has 0 atom stereocenters. The summed E-state index contributed by atoms with van der Waals surface area (Å²) in [5.41, 5.74) is 0.337. The van der Waals surface area contributed by atoms with Gasteiger partial charge in [0.05, 0.1) is 17.0 Å². The quantitative estimate of drug-likeness (QED) is 0.771. The first-order chi connectivity index (χ1) is 11.2. The molecule has 0 aromatic heterocycles. The van der Waals surface area contributed by atoms with E-state index in [-0.39, 0.29) is 23.9 Å². The maximum atomic E-state index is 12.4. The van der Waals surface area contributed by atoms with Crippen LogP contribution in [0, 0.1) is 5.92 Å².